The summed E-state index contributed by atoms with van der Waals surface area (Å²) in [5.41, 5.74) is 0. The van der Waals surface area contributed by atoms with Gasteiger partial charge in [0.1, 0.15) is 0 Å². The molecule has 7 heavy (non-hydrogen) atoms. The van der Waals surface area contributed by atoms with Gasteiger partial charge in [-0.15, -0.1) is 0 Å². The first kappa shape index (κ1) is 6.92. The van der Waals surface area contributed by atoms with Gasteiger partial charge in [-0.05, 0) is 20.8 Å². The second kappa shape index (κ2) is 1.80. The van der Waals surface area contributed by atoms with Crippen molar-refractivity contribution in [1.29, 1.82) is 0 Å². The van der Waals surface area contributed by atoms with Crippen LogP contribution in [0.3, 0.4) is 0 Å². The molecule has 1 N–H and O–H groups in total. The van der Waals surface area contributed by atoms with Gasteiger partial charge in [0, 0.05) is 12.6 Å². The lowest BCUT2D eigenvalue weighted by Crippen LogP contribution is -2.36. The van der Waals surface area contributed by atoms with E-state index in [9.17, 15) is 0 Å². The van der Waals surface area contributed by atoms with Gasteiger partial charge in [-0.3, -0.25) is 0 Å². The van der Waals surface area contributed by atoms with E-state index in [1.165, 1.54) is 5.01 Å². The summed E-state index contributed by atoms with van der Waals surface area (Å²) in [6.45, 7) is 6.00. The van der Waals surface area contributed by atoms with Crippen LogP contribution < -0.4 is 5.84 Å². The van der Waals surface area contributed by atoms with Gasteiger partial charge >= 0.3 is 0 Å². The maximum absolute atomic E-state index is 7.06. The molecule has 1 radical (unpaired) electrons. The first-order chi connectivity index (χ1) is 2.94. The van der Waals surface area contributed by atoms with Gasteiger partial charge < -0.3 is 0 Å². The van der Waals surface area contributed by atoms with E-state index in [0.717, 1.165) is 0 Å². The van der Waals surface area contributed by atoms with Gasteiger partial charge in [0.05, 0.1) is 0 Å². The second-order valence-electron chi connectivity index (χ2n) is 2.73. The molecule has 2 nitrogen and oxygen atoms in total. The van der Waals surface area contributed by atoms with Gasteiger partial charge in [0.15, 0.2) is 0 Å². The minimum atomic E-state index is 0. The van der Waals surface area contributed by atoms with E-state index in [1.54, 1.807) is 7.05 Å². The molecule has 0 amide bonds. The molecular formula is C5H13N2. The Morgan fingerprint density at radius 2 is 1.43 bits per heavy atom. The maximum Gasteiger partial charge on any atom is 0.0280 e. The van der Waals surface area contributed by atoms with Gasteiger partial charge in [-0.1, -0.05) is 0 Å². The Labute approximate surface area is 45.3 Å². The Kier molecular flexibility index (Phi) is 1.78. The first-order valence-electron chi connectivity index (χ1n) is 2.39. The van der Waals surface area contributed by atoms with Crippen LogP contribution in [-0.4, -0.2) is 17.6 Å². The highest BCUT2D eigenvalue weighted by Gasteiger charge is 2.12. The van der Waals surface area contributed by atoms with E-state index < -0.39 is 0 Å². The fourth-order valence-corrected chi connectivity index (χ4v) is 0. The van der Waals surface area contributed by atoms with Crippen molar-refractivity contribution in [3.8, 4) is 0 Å². The molecule has 0 aliphatic rings. The lowest BCUT2D eigenvalue weighted by atomic mass is 10.1. The normalized spacial score (nSPS) is 12.9. The van der Waals surface area contributed by atoms with E-state index in [0.29, 0.717) is 0 Å². The molecule has 0 aromatic rings. The van der Waals surface area contributed by atoms with Crippen molar-refractivity contribution in [1.82, 2.24) is 10.9 Å². The monoisotopic (exact) mass is 101 g/mol. The molecule has 0 spiro atoms. The smallest absolute Gasteiger partial charge is 0.0280 e. The molecule has 0 fully saturated rings. The number of hydrogen-bond donors (Lipinski definition) is 0. The zero-order valence-corrected chi connectivity index (χ0v) is 5.45. The Morgan fingerprint density at radius 3 is 1.43 bits per heavy atom. The van der Waals surface area contributed by atoms with Crippen molar-refractivity contribution in [2.75, 3.05) is 7.05 Å². The Morgan fingerprint density at radius 1 is 1.29 bits per heavy atom. The molecule has 0 rings (SSSR count). The molecular weight excluding hydrogens is 88.1 g/mol. The molecule has 0 heterocycles. The molecule has 0 aromatic heterocycles. The Balaban J connectivity index is 3.54. The van der Waals surface area contributed by atoms with Gasteiger partial charge in [0.2, 0.25) is 0 Å². The summed E-state index contributed by atoms with van der Waals surface area (Å²) in [5.74, 6) is 7.06. The minimum Gasteiger partial charge on any atom is -0.228 e. The van der Waals surface area contributed by atoms with Crippen molar-refractivity contribution in [2.45, 2.75) is 26.3 Å². The predicted octanol–water partition coefficient (Wildman–Crippen LogP) is 0.915. The summed E-state index contributed by atoms with van der Waals surface area (Å²) in [4.78, 5) is 0. The summed E-state index contributed by atoms with van der Waals surface area (Å²) in [7, 11) is 1.75. The van der Waals surface area contributed by atoms with Crippen LogP contribution in [0.25, 0.3) is 0 Å². The fourth-order valence-electron chi connectivity index (χ4n) is 0. The third-order valence-electron chi connectivity index (χ3n) is 1.01. The minimum absolute atomic E-state index is 0. The van der Waals surface area contributed by atoms with Crippen LogP contribution in [0.1, 0.15) is 20.8 Å². The topological polar surface area (TPSA) is 27.0 Å². The lowest BCUT2D eigenvalue weighted by molar-refractivity contribution is 0.166. The Bertz CT molecular complexity index is 51.6. The fraction of sp³-hybridized carbons (Fsp3) is 1.00. The summed E-state index contributed by atoms with van der Waals surface area (Å²) in [6.07, 6.45) is 0. The van der Waals surface area contributed by atoms with E-state index in [1.807, 2.05) is 20.8 Å². The predicted molar refractivity (Wildman–Crippen MR) is 30.6 cm³/mol. The van der Waals surface area contributed by atoms with Crippen LogP contribution >= 0.6 is 0 Å². The molecule has 2 heteroatoms. The van der Waals surface area contributed by atoms with Crippen molar-refractivity contribution in [3.05, 3.63) is 0 Å². The molecule has 0 aliphatic heterocycles. The van der Waals surface area contributed by atoms with Gasteiger partial charge in [0.25, 0.3) is 0 Å². The van der Waals surface area contributed by atoms with E-state index >= 15 is 0 Å². The standard InChI is InChI=1S/C5H13N2/c1-5(2,3)7(4)6/h6H,1-4H3. The van der Waals surface area contributed by atoms with Crippen molar-refractivity contribution >= 4 is 0 Å². The second-order valence-corrected chi connectivity index (χ2v) is 2.73. The third kappa shape index (κ3) is 2.60. The van der Waals surface area contributed by atoms with Crippen LogP contribution in [0.2, 0.25) is 0 Å². The first-order valence-corrected chi connectivity index (χ1v) is 2.39. The summed E-state index contributed by atoms with van der Waals surface area (Å²) in [5, 5.41) is 1.44. The highest BCUT2D eigenvalue weighted by atomic mass is 15.4. The van der Waals surface area contributed by atoms with Crippen LogP contribution in [0, 0.1) is 0 Å². The summed E-state index contributed by atoms with van der Waals surface area (Å²) < 4.78 is 0. The van der Waals surface area contributed by atoms with Crippen LogP contribution in [0.15, 0.2) is 0 Å². The highest BCUT2D eigenvalue weighted by molar-refractivity contribution is 4.66. The molecule has 0 saturated carbocycles. The molecule has 0 atom stereocenters. The maximum atomic E-state index is 7.06. The Hall–Kier alpha value is -0.0800. The van der Waals surface area contributed by atoms with Crippen LogP contribution in [-0.2, 0) is 0 Å². The third-order valence-corrected chi connectivity index (χ3v) is 1.01. The van der Waals surface area contributed by atoms with Crippen molar-refractivity contribution in [3.63, 3.8) is 0 Å². The zero-order chi connectivity index (χ0) is 6.08. The van der Waals surface area contributed by atoms with Crippen LogP contribution in [0.4, 0.5) is 0 Å². The highest BCUT2D eigenvalue weighted by Crippen LogP contribution is 2.04. The molecule has 0 bridgehead atoms. The molecule has 0 saturated heterocycles. The van der Waals surface area contributed by atoms with E-state index in [4.69, 9.17) is 5.84 Å². The number of nitrogens with zero attached hydrogens (tertiary/aromatic N) is 1. The molecule has 43 valence electrons. The lowest BCUT2D eigenvalue weighted by Gasteiger charge is -2.25. The average molecular weight is 101 g/mol. The van der Waals surface area contributed by atoms with Crippen molar-refractivity contribution < 1.29 is 0 Å². The van der Waals surface area contributed by atoms with Gasteiger partial charge in [-0.25, -0.2) is 5.01 Å². The molecule has 0 unspecified atom stereocenters. The number of nitrogens with one attached hydrogen (secondary N) is 1. The van der Waals surface area contributed by atoms with Crippen molar-refractivity contribution in [2.24, 2.45) is 0 Å². The molecule has 0 aliphatic carbocycles. The van der Waals surface area contributed by atoms with E-state index in [-0.39, 0.29) is 5.54 Å². The van der Waals surface area contributed by atoms with Gasteiger partial charge in [-0.2, -0.15) is 5.84 Å². The van der Waals surface area contributed by atoms with Crippen LogP contribution in [0.5, 0.6) is 0 Å². The average Bonchev–Trinajstić information content (AvgIpc) is 1.31. The number of rotatable bonds is 0. The summed E-state index contributed by atoms with van der Waals surface area (Å²) in [6, 6.07) is 0. The molecule has 0 aromatic carbocycles. The SMILES string of the molecule is CN([NH])C(C)(C)C. The zero-order valence-electron chi connectivity index (χ0n) is 5.45. The number of hydrogen-bond acceptors (Lipinski definition) is 1. The largest absolute Gasteiger partial charge is 0.228 e. The summed E-state index contributed by atoms with van der Waals surface area (Å²) >= 11 is 0. The van der Waals surface area contributed by atoms with E-state index in [2.05, 4.69) is 0 Å². The quantitative estimate of drug-likeness (QED) is 0.417.